The van der Waals surface area contributed by atoms with Crippen LogP contribution in [0.2, 0.25) is 0 Å². The van der Waals surface area contributed by atoms with Gasteiger partial charge in [0.15, 0.2) is 0 Å². The summed E-state index contributed by atoms with van der Waals surface area (Å²) < 4.78 is 5.14. The number of piperidine rings is 1. The van der Waals surface area contributed by atoms with Crippen molar-refractivity contribution in [1.29, 1.82) is 0 Å². The van der Waals surface area contributed by atoms with Crippen LogP contribution in [-0.2, 0) is 4.74 Å². The van der Waals surface area contributed by atoms with E-state index in [0.29, 0.717) is 18.6 Å². The maximum Gasteiger partial charge on any atom is 0.409 e. The first-order valence-corrected chi connectivity index (χ1v) is 9.30. The average Bonchev–Trinajstić information content (AvgIpc) is 2.83. The van der Waals surface area contributed by atoms with E-state index in [9.17, 15) is 4.79 Å². The molecule has 0 aliphatic carbocycles. The predicted octanol–water partition coefficient (Wildman–Crippen LogP) is 3.19. The lowest BCUT2D eigenvalue weighted by molar-refractivity contribution is 0.105. The van der Waals surface area contributed by atoms with Crippen molar-refractivity contribution in [2.45, 2.75) is 58.4 Å². The highest BCUT2D eigenvalue weighted by Crippen LogP contribution is 2.25. The summed E-state index contributed by atoms with van der Waals surface area (Å²) in [5.74, 6) is 0.683. The van der Waals surface area contributed by atoms with Crippen LogP contribution in [0.25, 0.3) is 0 Å². The van der Waals surface area contributed by atoms with Crippen LogP contribution in [-0.4, -0.2) is 67.5 Å². The third-order valence-electron chi connectivity index (χ3n) is 5.39. The summed E-state index contributed by atoms with van der Waals surface area (Å²) in [6.45, 7) is 8.57. The first kappa shape index (κ1) is 18.2. The number of hydrogen-bond acceptors (Lipinski definition) is 4. The van der Waals surface area contributed by atoms with E-state index < -0.39 is 0 Å². The van der Waals surface area contributed by atoms with Crippen LogP contribution < -0.4 is 0 Å². The molecule has 0 aromatic carbocycles. The van der Waals surface area contributed by atoms with Gasteiger partial charge in [0, 0.05) is 31.9 Å². The number of hydrogen-bond donors (Lipinski definition) is 0. The number of aliphatic imine (C=N–C) groups is 1. The van der Waals surface area contributed by atoms with Gasteiger partial charge in [0.25, 0.3) is 0 Å². The molecule has 0 aromatic rings. The molecule has 0 N–H and O–H groups in total. The fourth-order valence-corrected chi connectivity index (χ4v) is 4.07. The molecule has 0 aromatic heterocycles. The van der Waals surface area contributed by atoms with Gasteiger partial charge in [0.05, 0.1) is 6.61 Å². The third-order valence-corrected chi connectivity index (χ3v) is 5.39. The minimum Gasteiger partial charge on any atom is -0.450 e. The molecule has 2 saturated heterocycles. The molecule has 23 heavy (non-hydrogen) atoms. The lowest BCUT2D eigenvalue weighted by Gasteiger charge is -2.37. The Labute approximate surface area is 141 Å². The SMILES string of the molecule is CCOC(=O)N1CCCC(N2CCC(/C(CC)=N/C)CC2)CC1. The zero-order chi connectivity index (χ0) is 16.7. The van der Waals surface area contributed by atoms with E-state index in [1.54, 1.807) is 0 Å². The molecule has 2 heterocycles. The van der Waals surface area contributed by atoms with Crippen molar-refractivity contribution in [3.05, 3.63) is 0 Å². The molecular formula is C18H33N3O2. The normalized spacial score (nSPS) is 25.3. The molecule has 0 bridgehead atoms. The number of rotatable bonds is 4. The molecule has 0 saturated carbocycles. The Kier molecular flexibility index (Phi) is 7.34. The van der Waals surface area contributed by atoms with Gasteiger partial charge in [-0.25, -0.2) is 4.79 Å². The Bertz CT molecular complexity index is 403. The molecule has 2 aliphatic heterocycles. The highest BCUT2D eigenvalue weighted by atomic mass is 16.6. The van der Waals surface area contributed by atoms with Crippen molar-refractivity contribution >= 4 is 11.8 Å². The van der Waals surface area contributed by atoms with Crippen LogP contribution in [0, 0.1) is 5.92 Å². The quantitative estimate of drug-likeness (QED) is 0.746. The molecule has 5 nitrogen and oxygen atoms in total. The van der Waals surface area contributed by atoms with Gasteiger partial charge in [-0.2, -0.15) is 0 Å². The van der Waals surface area contributed by atoms with Crippen LogP contribution in [0.15, 0.2) is 4.99 Å². The van der Waals surface area contributed by atoms with Crippen LogP contribution in [0.1, 0.15) is 52.4 Å². The minimum atomic E-state index is -0.140. The number of nitrogens with zero attached hydrogens (tertiary/aromatic N) is 3. The monoisotopic (exact) mass is 323 g/mol. The van der Waals surface area contributed by atoms with Crippen LogP contribution in [0.5, 0.6) is 0 Å². The largest absolute Gasteiger partial charge is 0.450 e. The molecular weight excluding hydrogens is 290 g/mol. The second-order valence-electron chi connectivity index (χ2n) is 6.65. The van der Waals surface area contributed by atoms with E-state index in [4.69, 9.17) is 4.74 Å². The smallest absolute Gasteiger partial charge is 0.409 e. The lowest BCUT2D eigenvalue weighted by Crippen LogP contribution is -2.43. The van der Waals surface area contributed by atoms with E-state index in [1.165, 1.54) is 38.1 Å². The van der Waals surface area contributed by atoms with Gasteiger partial charge in [-0.1, -0.05) is 6.92 Å². The zero-order valence-corrected chi connectivity index (χ0v) is 15.1. The number of likely N-dealkylation sites (tertiary alicyclic amines) is 2. The van der Waals surface area contributed by atoms with Crippen LogP contribution in [0.4, 0.5) is 4.79 Å². The summed E-state index contributed by atoms with van der Waals surface area (Å²) in [7, 11) is 1.93. The van der Waals surface area contributed by atoms with Crippen molar-refractivity contribution in [2.24, 2.45) is 10.9 Å². The number of carbonyl (C=O) groups excluding carboxylic acids is 1. The van der Waals surface area contributed by atoms with Crippen LogP contribution in [0.3, 0.4) is 0 Å². The van der Waals surface area contributed by atoms with Gasteiger partial charge in [-0.05, 0) is 64.5 Å². The minimum absolute atomic E-state index is 0.140. The lowest BCUT2D eigenvalue weighted by atomic mass is 9.89. The molecule has 5 heteroatoms. The topological polar surface area (TPSA) is 45.1 Å². The van der Waals surface area contributed by atoms with Gasteiger partial charge in [0.1, 0.15) is 0 Å². The third kappa shape index (κ3) is 4.93. The zero-order valence-electron chi connectivity index (χ0n) is 15.1. The number of amides is 1. The summed E-state index contributed by atoms with van der Waals surface area (Å²) in [5.41, 5.74) is 1.39. The second kappa shape index (κ2) is 9.26. The molecule has 1 amide bonds. The van der Waals surface area contributed by atoms with Gasteiger partial charge < -0.3 is 14.5 Å². The molecule has 2 aliphatic rings. The van der Waals surface area contributed by atoms with E-state index in [-0.39, 0.29) is 6.09 Å². The summed E-state index contributed by atoms with van der Waals surface area (Å²) in [4.78, 5) is 20.9. The first-order chi connectivity index (χ1) is 11.2. The molecule has 2 rings (SSSR count). The Morgan fingerprint density at radius 3 is 2.43 bits per heavy atom. The molecule has 1 unspecified atom stereocenters. The van der Waals surface area contributed by atoms with E-state index in [0.717, 1.165) is 32.4 Å². The maximum absolute atomic E-state index is 11.9. The van der Waals surface area contributed by atoms with Crippen molar-refractivity contribution in [3.8, 4) is 0 Å². The van der Waals surface area contributed by atoms with E-state index in [1.807, 2.05) is 18.9 Å². The van der Waals surface area contributed by atoms with Crippen molar-refractivity contribution in [2.75, 3.05) is 39.8 Å². The average molecular weight is 323 g/mol. The number of ether oxygens (including phenoxy) is 1. The summed E-state index contributed by atoms with van der Waals surface area (Å²) in [5, 5.41) is 0. The summed E-state index contributed by atoms with van der Waals surface area (Å²) in [6, 6.07) is 0.624. The molecule has 1 atom stereocenters. The van der Waals surface area contributed by atoms with Crippen molar-refractivity contribution in [3.63, 3.8) is 0 Å². The van der Waals surface area contributed by atoms with Crippen LogP contribution >= 0.6 is 0 Å². The first-order valence-electron chi connectivity index (χ1n) is 9.30. The highest BCUT2D eigenvalue weighted by molar-refractivity contribution is 5.86. The second-order valence-corrected chi connectivity index (χ2v) is 6.65. The molecule has 132 valence electrons. The fraction of sp³-hybridized carbons (Fsp3) is 0.889. The predicted molar refractivity (Wildman–Crippen MR) is 94.2 cm³/mol. The van der Waals surface area contributed by atoms with Crippen molar-refractivity contribution < 1.29 is 9.53 Å². The van der Waals surface area contributed by atoms with Gasteiger partial charge in [-0.15, -0.1) is 0 Å². The summed E-state index contributed by atoms with van der Waals surface area (Å²) >= 11 is 0. The van der Waals surface area contributed by atoms with Gasteiger partial charge in [-0.3, -0.25) is 4.99 Å². The standard InChI is InChI=1S/C18H33N3O2/c1-4-17(19-3)15-8-12-20(13-9-15)16-7-6-11-21(14-10-16)18(22)23-5-2/h15-16H,4-14H2,1-3H3/b19-17+. The Hall–Kier alpha value is -1.10. The molecule has 0 radical (unpaired) electrons. The van der Waals surface area contributed by atoms with Gasteiger partial charge in [0.2, 0.25) is 0 Å². The van der Waals surface area contributed by atoms with E-state index in [2.05, 4.69) is 16.8 Å². The van der Waals surface area contributed by atoms with Crippen molar-refractivity contribution in [1.82, 2.24) is 9.80 Å². The molecule has 0 spiro atoms. The Balaban J connectivity index is 1.81. The fourth-order valence-electron chi connectivity index (χ4n) is 4.07. The molecule has 2 fully saturated rings. The number of carbonyl (C=O) groups is 1. The Morgan fingerprint density at radius 1 is 1.09 bits per heavy atom. The van der Waals surface area contributed by atoms with E-state index >= 15 is 0 Å². The Morgan fingerprint density at radius 2 is 1.83 bits per heavy atom. The van der Waals surface area contributed by atoms with Gasteiger partial charge >= 0.3 is 6.09 Å². The maximum atomic E-state index is 11.9. The summed E-state index contributed by atoms with van der Waals surface area (Å²) in [6.07, 6.45) is 6.77. The highest BCUT2D eigenvalue weighted by Gasteiger charge is 2.29.